The van der Waals surface area contributed by atoms with Crippen molar-refractivity contribution in [2.75, 3.05) is 19.0 Å². The Hall–Kier alpha value is -0.420. The van der Waals surface area contributed by atoms with Gasteiger partial charge in [0.05, 0.1) is 13.2 Å². The van der Waals surface area contributed by atoms with Crippen LogP contribution in [0.2, 0.25) is 0 Å². The fourth-order valence-electron chi connectivity index (χ4n) is 1.69. The maximum Gasteiger partial charge on any atom is 0.321 e. The number of carboxylic acid groups (broad SMARTS) is 1. The maximum absolute atomic E-state index is 10.8. The summed E-state index contributed by atoms with van der Waals surface area (Å²) in [6.07, 6.45) is -4.90. The lowest BCUT2D eigenvalue weighted by molar-refractivity contribution is -0.140. The lowest BCUT2D eigenvalue weighted by atomic mass is 10.0. The van der Waals surface area contributed by atoms with Gasteiger partial charge >= 0.3 is 5.97 Å². The lowest BCUT2D eigenvalue weighted by Crippen LogP contribution is -2.61. The molecule has 0 amide bonds. The molecular formula is C9H17NO7S. The van der Waals surface area contributed by atoms with Crippen molar-refractivity contribution in [2.24, 2.45) is 0 Å². The van der Waals surface area contributed by atoms with E-state index in [2.05, 4.69) is 5.32 Å². The molecule has 0 spiro atoms. The molecule has 0 saturated carbocycles. The van der Waals surface area contributed by atoms with Crippen LogP contribution < -0.4 is 5.32 Å². The molecule has 1 fully saturated rings. The minimum Gasteiger partial charge on any atom is -0.480 e. The molecule has 1 aliphatic rings. The van der Waals surface area contributed by atoms with Crippen LogP contribution in [-0.2, 0) is 4.79 Å². The molecule has 1 aliphatic heterocycles. The van der Waals surface area contributed by atoms with Crippen LogP contribution in [0.5, 0.6) is 0 Å². The van der Waals surface area contributed by atoms with Gasteiger partial charge in [0.2, 0.25) is 0 Å². The Bertz CT molecular complexity index is 305. The zero-order valence-electron chi connectivity index (χ0n) is 9.43. The summed E-state index contributed by atoms with van der Waals surface area (Å²) in [6.45, 7) is -1.38. The predicted octanol–water partition coefficient (Wildman–Crippen LogP) is -3.46. The maximum atomic E-state index is 10.8. The Kier molecular flexibility index (Phi) is 5.34. The summed E-state index contributed by atoms with van der Waals surface area (Å²) < 4.78 is 0. The zero-order chi connectivity index (χ0) is 13.9. The third kappa shape index (κ3) is 2.94. The van der Waals surface area contributed by atoms with E-state index >= 15 is 0 Å². The number of nitrogens with one attached hydrogen (secondary N) is 1. The van der Waals surface area contributed by atoms with E-state index in [4.69, 9.17) is 10.2 Å². The molecule has 0 aromatic carbocycles. The van der Waals surface area contributed by atoms with E-state index in [9.17, 15) is 25.2 Å². The molecule has 18 heavy (non-hydrogen) atoms. The van der Waals surface area contributed by atoms with Crippen LogP contribution in [0.15, 0.2) is 0 Å². The van der Waals surface area contributed by atoms with Crippen molar-refractivity contribution in [3.63, 3.8) is 0 Å². The third-order valence-electron chi connectivity index (χ3n) is 2.84. The SMILES string of the molecule is O=C(O)C1CSC(CO)(C(O)C(O)C(O)CO)N1. The smallest absolute Gasteiger partial charge is 0.321 e. The molecule has 5 unspecified atom stereocenters. The molecule has 0 radical (unpaired) electrons. The second kappa shape index (κ2) is 6.15. The summed E-state index contributed by atoms with van der Waals surface area (Å²) in [5, 5.41) is 58.1. The highest BCUT2D eigenvalue weighted by atomic mass is 32.2. The highest BCUT2D eigenvalue weighted by Crippen LogP contribution is 2.35. The van der Waals surface area contributed by atoms with Gasteiger partial charge in [0.15, 0.2) is 0 Å². The van der Waals surface area contributed by atoms with Crippen LogP contribution in [0.1, 0.15) is 0 Å². The van der Waals surface area contributed by atoms with E-state index in [1.165, 1.54) is 0 Å². The van der Waals surface area contributed by atoms with Gasteiger partial charge in [0, 0.05) is 5.75 Å². The lowest BCUT2D eigenvalue weighted by Gasteiger charge is -2.36. The molecule has 0 aromatic rings. The summed E-state index contributed by atoms with van der Waals surface area (Å²) in [7, 11) is 0. The van der Waals surface area contributed by atoms with Gasteiger partial charge in [-0.25, -0.2) is 0 Å². The second-order valence-electron chi connectivity index (χ2n) is 4.08. The van der Waals surface area contributed by atoms with Crippen molar-refractivity contribution in [2.45, 2.75) is 29.2 Å². The summed E-state index contributed by atoms with van der Waals surface area (Å²) in [5.74, 6) is -1.03. The second-order valence-corrected chi connectivity index (χ2v) is 5.43. The number of aliphatic hydroxyl groups is 5. The Labute approximate surface area is 107 Å². The molecule has 0 bridgehead atoms. The Balaban J connectivity index is 2.80. The number of aliphatic hydroxyl groups excluding tert-OH is 5. The van der Waals surface area contributed by atoms with Crippen LogP contribution in [0.25, 0.3) is 0 Å². The number of thioether (sulfide) groups is 1. The summed E-state index contributed by atoms with van der Waals surface area (Å²) in [5.41, 5.74) is 0. The molecule has 7 N–H and O–H groups in total. The van der Waals surface area contributed by atoms with Gasteiger partial charge in [-0.3, -0.25) is 10.1 Å². The number of hydrogen-bond donors (Lipinski definition) is 7. The first kappa shape index (κ1) is 15.6. The normalized spacial score (nSPS) is 33.1. The van der Waals surface area contributed by atoms with Crippen LogP contribution in [0, 0.1) is 0 Å². The molecule has 9 heteroatoms. The minimum absolute atomic E-state index is 0.106. The van der Waals surface area contributed by atoms with E-state index in [1.54, 1.807) is 0 Å². The number of rotatable bonds is 6. The number of carbonyl (C=O) groups is 1. The van der Waals surface area contributed by atoms with E-state index in [1.807, 2.05) is 0 Å². The molecule has 5 atom stereocenters. The fraction of sp³-hybridized carbons (Fsp3) is 0.889. The van der Waals surface area contributed by atoms with Crippen molar-refractivity contribution in [3.8, 4) is 0 Å². The van der Waals surface area contributed by atoms with Crippen molar-refractivity contribution in [1.29, 1.82) is 0 Å². The largest absolute Gasteiger partial charge is 0.480 e. The molecule has 1 rings (SSSR count). The molecule has 1 saturated heterocycles. The van der Waals surface area contributed by atoms with E-state index in [-0.39, 0.29) is 5.75 Å². The summed E-state index contributed by atoms with van der Waals surface area (Å²) >= 11 is 0.946. The van der Waals surface area contributed by atoms with Crippen LogP contribution in [0.3, 0.4) is 0 Å². The van der Waals surface area contributed by atoms with E-state index in [0.717, 1.165) is 11.8 Å². The van der Waals surface area contributed by atoms with Crippen LogP contribution in [-0.4, -0.2) is 84.8 Å². The van der Waals surface area contributed by atoms with Crippen molar-refractivity contribution >= 4 is 17.7 Å². The first-order valence-electron chi connectivity index (χ1n) is 5.28. The average Bonchev–Trinajstić information content (AvgIpc) is 2.81. The average molecular weight is 283 g/mol. The fourth-order valence-corrected chi connectivity index (χ4v) is 3.01. The van der Waals surface area contributed by atoms with Gasteiger partial charge in [0.1, 0.15) is 29.2 Å². The summed E-state index contributed by atoms with van der Waals surface area (Å²) in [6, 6.07) is -0.963. The Morgan fingerprint density at radius 1 is 1.39 bits per heavy atom. The first-order chi connectivity index (χ1) is 8.38. The first-order valence-corrected chi connectivity index (χ1v) is 6.27. The number of hydrogen-bond acceptors (Lipinski definition) is 8. The molecule has 8 nitrogen and oxygen atoms in total. The third-order valence-corrected chi connectivity index (χ3v) is 4.35. The van der Waals surface area contributed by atoms with Gasteiger partial charge in [0.25, 0.3) is 0 Å². The van der Waals surface area contributed by atoms with Crippen LogP contribution in [0.4, 0.5) is 0 Å². The molecule has 0 aromatic heterocycles. The number of carboxylic acids is 1. The van der Waals surface area contributed by atoms with E-state index < -0.39 is 48.4 Å². The predicted molar refractivity (Wildman–Crippen MR) is 61.9 cm³/mol. The Morgan fingerprint density at radius 2 is 2.00 bits per heavy atom. The van der Waals surface area contributed by atoms with Crippen molar-refractivity contribution < 1.29 is 35.4 Å². The molecule has 0 aliphatic carbocycles. The number of aliphatic carboxylic acids is 1. The standard InChI is InChI=1S/C9H17NO7S/c11-1-5(13)6(14)7(15)9(3-12)10-4(2-18-9)8(16)17/h4-7,10-15H,1-3H2,(H,16,17). The molecule has 106 valence electrons. The highest BCUT2D eigenvalue weighted by molar-refractivity contribution is 8.01. The monoisotopic (exact) mass is 283 g/mol. The molecule has 1 heterocycles. The van der Waals surface area contributed by atoms with Gasteiger partial charge in [-0.2, -0.15) is 0 Å². The minimum atomic E-state index is -1.70. The molecular weight excluding hydrogens is 266 g/mol. The van der Waals surface area contributed by atoms with Gasteiger partial charge in [-0.15, -0.1) is 11.8 Å². The van der Waals surface area contributed by atoms with Gasteiger partial charge in [-0.05, 0) is 0 Å². The highest BCUT2D eigenvalue weighted by Gasteiger charge is 2.50. The van der Waals surface area contributed by atoms with Crippen molar-refractivity contribution in [3.05, 3.63) is 0 Å². The zero-order valence-corrected chi connectivity index (χ0v) is 10.2. The van der Waals surface area contributed by atoms with Crippen molar-refractivity contribution in [1.82, 2.24) is 5.32 Å². The quantitative estimate of drug-likeness (QED) is 0.264. The van der Waals surface area contributed by atoms with E-state index in [0.29, 0.717) is 0 Å². The van der Waals surface area contributed by atoms with Gasteiger partial charge in [-0.1, -0.05) is 0 Å². The van der Waals surface area contributed by atoms with Gasteiger partial charge < -0.3 is 30.6 Å². The van der Waals surface area contributed by atoms with Crippen LogP contribution >= 0.6 is 11.8 Å². The topological polar surface area (TPSA) is 150 Å². The Morgan fingerprint density at radius 3 is 2.39 bits per heavy atom. The summed E-state index contributed by atoms with van der Waals surface area (Å²) in [4.78, 5) is 9.32.